The van der Waals surface area contributed by atoms with E-state index in [1.54, 1.807) is 18.3 Å². The predicted octanol–water partition coefficient (Wildman–Crippen LogP) is 2.76. The van der Waals surface area contributed by atoms with Crippen molar-refractivity contribution < 1.29 is 4.79 Å². The Hall–Kier alpha value is -2.88. The van der Waals surface area contributed by atoms with Crippen LogP contribution < -0.4 is 10.2 Å². The van der Waals surface area contributed by atoms with Gasteiger partial charge in [0.25, 0.3) is 5.91 Å². The Bertz CT molecular complexity index is 804. The van der Waals surface area contributed by atoms with Gasteiger partial charge in [0.15, 0.2) is 11.5 Å². The number of nitrogens with one attached hydrogen (secondary N) is 1. The van der Waals surface area contributed by atoms with Gasteiger partial charge in [-0.25, -0.2) is 0 Å². The number of hydrogen-bond acceptors (Lipinski definition) is 5. The Morgan fingerprint density at radius 2 is 1.96 bits per heavy atom. The van der Waals surface area contributed by atoms with Gasteiger partial charge in [0.2, 0.25) is 0 Å². The summed E-state index contributed by atoms with van der Waals surface area (Å²) < 4.78 is 1.87. The molecule has 0 bridgehead atoms. The lowest BCUT2D eigenvalue weighted by Gasteiger charge is -2.24. The van der Waals surface area contributed by atoms with Gasteiger partial charge in [0.05, 0.1) is 5.56 Å². The maximum atomic E-state index is 12.5. The van der Waals surface area contributed by atoms with Gasteiger partial charge in [-0.15, -0.1) is 10.2 Å². The van der Waals surface area contributed by atoms with Crippen molar-refractivity contribution in [2.24, 2.45) is 0 Å². The van der Waals surface area contributed by atoms with E-state index in [-0.39, 0.29) is 17.1 Å². The van der Waals surface area contributed by atoms with Crippen LogP contribution in [-0.2, 0) is 5.54 Å². The fourth-order valence-corrected chi connectivity index (χ4v) is 2.92. The van der Waals surface area contributed by atoms with Gasteiger partial charge in [0.1, 0.15) is 11.9 Å². The molecule has 1 aliphatic rings. The molecule has 0 unspecified atom stereocenters. The minimum atomic E-state index is -0.339. The van der Waals surface area contributed by atoms with Crippen molar-refractivity contribution in [2.75, 3.05) is 23.3 Å². The van der Waals surface area contributed by atoms with Crippen molar-refractivity contribution in [2.45, 2.75) is 39.2 Å². The molecule has 1 aliphatic heterocycles. The van der Waals surface area contributed by atoms with E-state index in [4.69, 9.17) is 5.26 Å². The van der Waals surface area contributed by atoms with E-state index >= 15 is 0 Å². The Balaban J connectivity index is 1.78. The Morgan fingerprint density at radius 3 is 2.52 bits per heavy atom. The molecule has 25 heavy (non-hydrogen) atoms. The Kier molecular flexibility index (Phi) is 4.45. The number of rotatable bonds is 3. The molecule has 7 heteroatoms. The number of carbonyl (C=O) groups excluding carboxylic acids is 1. The molecule has 7 nitrogen and oxygen atoms in total. The first-order chi connectivity index (χ1) is 11.9. The highest BCUT2D eigenvalue weighted by Gasteiger charge is 2.21. The number of nitriles is 1. The lowest BCUT2D eigenvalue weighted by atomic mass is 10.1. The summed E-state index contributed by atoms with van der Waals surface area (Å²) in [6, 6.07) is 7.28. The van der Waals surface area contributed by atoms with Crippen molar-refractivity contribution in [3.8, 4) is 6.07 Å². The molecule has 0 saturated carbocycles. The number of nitrogens with zero attached hydrogens (tertiary/aromatic N) is 5. The average molecular weight is 338 g/mol. The average Bonchev–Trinajstić information content (AvgIpc) is 3.24. The molecule has 1 fully saturated rings. The van der Waals surface area contributed by atoms with Crippen LogP contribution in [0.5, 0.6) is 0 Å². The fraction of sp³-hybridized carbons (Fsp3) is 0.444. The van der Waals surface area contributed by atoms with Crippen molar-refractivity contribution in [3.63, 3.8) is 0 Å². The van der Waals surface area contributed by atoms with Crippen molar-refractivity contribution in [1.29, 1.82) is 5.26 Å². The summed E-state index contributed by atoms with van der Waals surface area (Å²) in [4.78, 5) is 14.7. The predicted molar refractivity (Wildman–Crippen MR) is 95.6 cm³/mol. The zero-order chi connectivity index (χ0) is 18.0. The molecule has 1 saturated heterocycles. The third kappa shape index (κ3) is 3.63. The molecule has 3 heterocycles. The minimum absolute atomic E-state index is 0.253. The zero-order valence-electron chi connectivity index (χ0n) is 14.8. The summed E-state index contributed by atoms with van der Waals surface area (Å²) in [5.74, 6) is 1.03. The number of aromatic nitrogens is 3. The molecule has 0 radical (unpaired) electrons. The van der Waals surface area contributed by atoms with Crippen molar-refractivity contribution >= 4 is 17.5 Å². The molecule has 0 atom stereocenters. The van der Waals surface area contributed by atoms with Crippen LogP contribution in [0, 0.1) is 11.3 Å². The summed E-state index contributed by atoms with van der Waals surface area (Å²) in [6.07, 6.45) is 4.06. The van der Waals surface area contributed by atoms with Crippen LogP contribution in [0.1, 0.15) is 49.7 Å². The second-order valence-electron chi connectivity index (χ2n) is 7.19. The highest BCUT2D eigenvalue weighted by Crippen LogP contribution is 2.24. The van der Waals surface area contributed by atoms with E-state index in [1.165, 1.54) is 0 Å². The summed E-state index contributed by atoms with van der Waals surface area (Å²) in [7, 11) is 0. The van der Waals surface area contributed by atoms with Crippen LogP contribution in [0.2, 0.25) is 0 Å². The van der Waals surface area contributed by atoms with E-state index in [0.717, 1.165) is 31.7 Å². The number of hydrogen-bond donors (Lipinski definition) is 1. The Morgan fingerprint density at radius 1 is 1.24 bits per heavy atom. The summed E-state index contributed by atoms with van der Waals surface area (Å²) in [5, 5.41) is 20.2. The molecule has 1 amide bonds. The first kappa shape index (κ1) is 17.0. The largest absolute Gasteiger partial charge is 0.355 e. The topological polar surface area (TPSA) is 86.8 Å². The normalized spacial score (nSPS) is 14.4. The van der Waals surface area contributed by atoms with Gasteiger partial charge in [0, 0.05) is 24.8 Å². The lowest BCUT2D eigenvalue weighted by molar-refractivity contribution is 0.102. The molecule has 1 N–H and O–H groups in total. The van der Waals surface area contributed by atoms with Crippen LogP contribution in [0.4, 0.5) is 11.6 Å². The molecule has 3 rings (SSSR count). The fourth-order valence-electron chi connectivity index (χ4n) is 2.92. The van der Waals surface area contributed by atoms with E-state index < -0.39 is 0 Å². The quantitative estimate of drug-likeness (QED) is 0.930. The van der Waals surface area contributed by atoms with Crippen LogP contribution in [-0.4, -0.2) is 33.8 Å². The Labute approximate surface area is 147 Å². The number of anilines is 2. The number of amides is 1. The van der Waals surface area contributed by atoms with Crippen LogP contribution in [0.3, 0.4) is 0 Å². The standard InChI is InChI=1S/C18H22N6O/c1-18(2,3)24-12-13(11-19)10-16(24)20-17(25)14-6-7-15(22-21-14)23-8-4-5-9-23/h6-7,10,12H,4-5,8-9H2,1-3H3,(H,20,25). The SMILES string of the molecule is CC(C)(C)n1cc(C#N)cc1NC(=O)c1ccc(N2CCCC2)nn1. The van der Waals surface area contributed by atoms with Gasteiger partial charge in [-0.2, -0.15) is 5.26 Å². The lowest BCUT2D eigenvalue weighted by Crippen LogP contribution is -2.25. The zero-order valence-corrected chi connectivity index (χ0v) is 14.8. The summed E-state index contributed by atoms with van der Waals surface area (Å²) in [6.45, 7) is 7.99. The van der Waals surface area contributed by atoms with E-state index in [1.807, 2.05) is 31.4 Å². The third-order valence-corrected chi connectivity index (χ3v) is 4.23. The highest BCUT2D eigenvalue weighted by atomic mass is 16.2. The first-order valence-electron chi connectivity index (χ1n) is 8.41. The van der Waals surface area contributed by atoms with Crippen LogP contribution >= 0.6 is 0 Å². The van der Waals surface area contributed by atoms with Gasteiger partial charge in [-0.1, -0.05) is 0 Å². The van der Waals surface area contributed by atoms with Crippen LogP contribution in [0.25, 0.3) is 0 Å². The van der Waals surface area contributed by atoms with Gasteiger partial charge >= 0.3 is 0 Å². The highest BCUT2D eigenvalue weighted by molar-refractivity contribution is 6.02. The molecule has 0 aromatic carbocycles. The second kappa shape index (κ2) is 6.55. The number of carbonyl (C=O) groups is 1. The molecule has 0 spiro atoms. The van der Waals surface area contributed by atoms with Crippen LogP contribution in [0.15, 0.2) is 24.4 Å². The molecular weight excluding hydrogens is 316 g/mol. The first-order valence-corrected chi connectivity index (χ1v) is 8.41. The maximum absolute atomic E-state index is 12.5. The molecule has 0 aliphatic carbocycles. The summed E-state index contributed by atoms with van der Waals surface area (Å²) >= 11 is 0. The van der Waals surface area contributed by atoms with E-state index in [2.05, 4.69) is 26.5 Å². The van der Waals surface area contributed by atoms with Gasteiger partial charge in [-0.05, 0) is 51.8 Å². The monoisotopic (exact) mass is 338 g/mol. The van der Waals surface area contributed by atoms with E-state index in [0.29, 0.717) is 11.4 Å². The van der Waals surface area contributed by atoms with Crippen molar-refractivity contribution in [3.05, 3.63) is 35.7 Å². The van der Waals surface area contributed by atoms with Crippen molar-refractivity contribution in [1.82, 2.24) is 14.8 Å². The van der Waals surface area contributed by atoms with Gasteiger partial charge < -0.3 is 14.8 Å². The minimum Gasteiger partial charge on any atom is -0.355 e. The molecule has 2 aromatic heterocycles. The third-order valence-electron chi connectivity index (χ3n) is 4.23. The molecule has 130 valence electrons. The molecule has 2 aromatic rings. The smallest absolute Gasteiger partial charge is 0.277 e. The van der Waals surface area contributed by atoms with E-state index in [9.17, 15) is 4.79 Å². The second-order valence-corrected chi connectivity index (χ2v) is 7.19. The van der Waals surface area contributed by atoms with Gasteiger partial charge in [-0.3, -0.25) is 4.79 Å². The molecular formula is C18H22N6O. The maximum Gasteiger partial charge on any atom is 0.277 e. The summed E-state index contributed by atoms with van der Waals surface area (Å²) in [5.41, 5.74) is 0.493.